The van der Waals surface area contributed by atoms with Gasteiger partial charge >= 0.3 is 0 Å². The lowest BCUT2D eigenvalue weighted by Gasteiger charge is -1.96. The first-order valence-corrected chi connectivity index (χ1v) is 3.89. The molecule has 0 aromatic carbocycles. The molecule has 0 amide bonds. The van der Waals surface area contributed by atoms with Crippen LogP contribution >= 0.6 is 0 Å². The highest BCUT2D eigenvalue weighted by molar-refractivity contribution is 7.73. The Balaban J connectivity index is 3.48. The predicted octanol–water partition coefficient (Wildman–Crippen LogP) is 0.601. The Labute approximate surface area is 51.9 Å². The summed E-state index contributed by atoms with van der Waals surface area (Å²) in [6.45, 7) is 5.37. The van der Waals surface area contributed by atoms with E-state index >= 15 is 0 Å². The standard InChI is InChI=1S/C5H11O2S/c1-3-4-5(2)8(6)7/h5,8H,2-4H2,1H3. The molecule has 1 radical (unpaired) electrons. The van der Waals surface area contributed by atoms with Crippen LogP contribution < -0.4 is 0 Å². The van der Waals surface area contributed by atoms with Crippen LogP contribution in [0.15, 0.2) is 0 Å². The number of thiol groups is 1. The van der Waals surface area contributed by atoms with Gasteiger partial charge in [-0.2, -0.15) is 0 Å². The van der Waals surface area contributed by atoms with Crippen molar-refractivity contribution in [2.24, 2.45) is 0 Å². The van der Waals surface area contributed by atoms with Gasteiger partial charge in [0.25, 0.3) is 0 Å². The summed E-state index contributed by atoms with van der Waals surface area (Å²) < 4.78 is 20.1. The lowest BCUT2D eigenvalue weighted by Crippen LogP contribution is -2.02. The van der Waals surface area contributed by atoms with Gasteiger partial charge < -0.3 is 0 Å². The smallest absolute Gasteiger partial charge is 0.143 e. The first-order valence-electron chi connectivity index (χ1n) is 2.65. The first kappa shape index (κ1) is 7.95. The van der Waals surface area contributed by atoms with E-state index in [0.717, 1.165) is 6.42 Å². The Morgan fingerprint density at radius 3 is 2.25 bits per heavy atom. The molecule has 1 atom stereocenters. The maximum absolute atomic E-state index is 10.1. The van der Waals surface area contributed by atoms with Crippen molar-refractivity contribution in [1.29, 1.82) is 0 Å². The molecule has 0 aliphatic carbocycles. The van der Waals surface area contributed by atoms with Crippen LogP contribution in [-0.4, -0.2) is 13.7 Å². The normalized spacial score (nSPS) is 14.4. The number of hydrogen-bond acceptors (Lipinski definition) is 2. The average molecular weight is 135 g/mol. The second kappa shape index (κ2) is 3.89. The first-order chi connectivity index (χ1) is 3.68. The highest BCUT2D eigenvalue weighted by Gasteiger charge is 1.99. The van der Waals surface area contributed by atoms with Crippen molar-refractivity contribution >= 4 is 10.7 Å². The fourth-order valence-corrected chi connectivity index (χ4v) is 0.908. The van der Waals surface area contributed by atoms with E-state index in [4.69, 9.17) is 0 Å². The molecule has 0 spiro atoms. The molecule has 0 N–H and O–H groups in total. The zero-order chi connectivity index (χ0) is 6.57. The molecule has 0 fully saturated rings. The van der Waals surface area contributed by atoms with Crippen LogP contribution in [0.4, 0.5) is 0 Å². The highest BCUT2D eigenvalue weighted by Crippen LogP contribution is 1.96. The van der Waals surface area contributed by atoms with Crippen molar-refractivity contribution in [3.8, 4) is 0 Å². The van der Waals surface area contributed by atoms with Gasteiger partial charge in [-0.05, 0) is 13.3 Å². The van der Waals surface area contributed by atoms with Crippen molar-refractivity contribution < 1.29 is 8.42 Å². The zero-order valence-corrected chi connectivity index (χ0v) is 5.86. The molecule has 0 aromatic heterocycles. The molecule has 49 valence electrons. The van der Waals surface area contributed by atoms with Crippen LogP contribution in [0, 0.1) is 6.92 Å². The molecule has 0 heterocycles. The molecule has 0 aliphatic rings. The summed E-state index contributed by atoms with van der Waals surface area (Å²) in [6, 6.07) is 0. The van der Waals surface area contributed by atoms with E-state index in [1.165, 1.54) is 0 Å². The number of rotatable bonds is 3. The molecule has 0 aliphatic heterocycles. The molecule has 2 nitrogen and oxygen atoms in total. The van der Waals surface area contributed by atoms with Crippen molar-refractivity contribution in [2.45, 2.75) is 25.0 Å². The average Bonchev–Trinajstić information content (AvgIpc) is 1.67. The SMILES string of the molecule is [CH2]C(CCC)[SH](=O)=O. The van der Waals surface area contributed by atoms with E-state index in [1.807, 2.05) is 6.92 Å². The predicted molar refractivity (Wildman–Crippen MR) is 34.4 cm³/mol. The van der Waals surface area contributed by atoms with Gasteiger partial charge in [-0.1, -0.05) is 13.3 Å². The van der Waals surface area contributed by atoms with E-state index in [9.17, 15) is 8.42 Å². The van der Waals surface area contributed by atoms with Crippen LogP contribution in [0.3, 0.4) is 0 Å². The molecule has 0 bridgehead atoms. The molecule has 0 rings (SSSR count). The van der Waals surface area contributed by atoms with Crippen molar-refractivity contribution in [2.75, 3.05) is 0 Å². The van der Waals surface area contributed by atoms with E-state index in [2.05, 4.69) is 6.92 Å². The lowest BCUT2D eigenvalue weighted by atomic mass is 10.3. The Morgan fingerprint density at radius 2 is 2.12 bits per heavy atom. The van der Waals surface area contributed by atoms with Gasteiger partial charge in [-0.15, -0.1) is 0 Å². The summed E-state index contributed by atoms with van der Waals surface area (Å²) in [5.74, 6) is 0. The third-order valence-corrected chi connectivity index (χ3v) is 1.77. The van der Waals surface area contributed by atoms with E-state index < -0.39 is 10.7 Å². The lowest BCUT2D eigenvalue weighted by molar-refractivity contribution is 0.602. The Kier molecular flexibility index (Phi) is 3.87. The largest absolute Gasteiger partial charge is 0.232 e. The van der Waals surface area contributed by atoms with E-state index in [1.54, 1.807) is 0 Å². The molecular formula is C5H11O2S. The molecule has 8 heavy (non-hydrogen) atoms. The fourth-order valence-electron chi connectivity index (χ4n) is 0.439. The minimum atomic E-state index is -2.28. The van der Waals surface area contributed by atoms with Gasteiger partial charge in [0.1, 0.15) is 10.7 Å². The topological polar surface area (TPSA) is 34.1 Å². The summed E-state index contributed by atoms with van der Waals surface area (Å²) in [7, 11) is -2.28. The maximum atomic E-state index is 10.1. The summed E-state index contributed by atoms with van der Waals surface area (Å²) >= 11 is 0. The minimum absolute atomic E-state index is 0.380. The molecule has 0 saturated heterocycles. The van der Waals surface area contributed by atoms with Crippen molar-refractivity contribution in [3.63, 3.8) is 0 Å². The van der Waals surface area contributed by atoms with Crippen LogP contribution in [0.2, 0.25) is 0 Å². The molecular weight excluding hydrogens is 124 g/mol. The Bertz CT molecular complexity index is 110. The second-order valence-corrected chi connectivity index (χ2v) is 3.03. The van der Waals surface area contributed by atoms with Gasteiger partial charge in [0.05, 0.1) is 5.25 Å². The van der Waals surface area contributed by atoms with Gasteiger partial charge in [-0.3, -0.25) is 0 Å². The van der Waals surface area contributed by atoms with Crippen LogP contribution in [0.1, 0.15) is 19.8 Å². The quantitative estimate of drug-likeness (QED) is 0.575. The summed E-state index contributed by atoms with van der Waals surface area (Å²) in [6.07, 6.45) is 1.57. The van der Waals surface area contributed by atoms with E-state index in [0.29, 0.717) is 6.42 Å². The summed E-state index contributed by atoms with van der Waals surface area (Å²) in [5, 5.41) is -0.380. The molecule has 1 unspecified atom stereocenters. The Hall–Kier alpha value is -0.0500. The summed E-state index contributed by atoms with van der Waals surface area (Å²) in [5.41, 5.74) is 0. The molecule has 0 aromatic rings. The molecule has 0 saturated carbocycles. The summed E-state index contributed by atoms with van der Waals surface area (Å²) in [4.78, 5) is 0. The molecule has 3 heteroatoms. The van der Waals surface area contributed by atoms with Crippen molar-refractivity contribution in [3.05, 3.63) is 6.92 Å². The third kappa shape index (κ3) is 3.02. The van der Waals surface area contributed by atoms with Gasteiger partial charge in [0.2, 0.25) is 0 Å². The second-order valence-electron chi connectivity index (χ2n) is 1.73. The van der Waals surface area contributed by atoms with Gasteiger partial charge in [-0.25, -0.2) is 8.42 Å². The maximum Gasteiger partial charge on any atom is 0.143 e. The minimum Gasteiger partial charge on any atom is -0.232 e. The zero-order valence-electron chi connectivity index (χ0n) is 4.96. The fraction of sp³-hybridized carbons (Fsp3) is 0.800. The number of hydrogen-bond donors (Lipinski definition) is 1. The monoisotopic (exact) mass is 135 g/mol. The van der Waals surface area contributed by atoms with Gasteiger partial charge in [0.15, 0.2) is 0 Å². The van der Waals surface area contributed by atoms with E-state index in [-0.39, 0.29) is 5.25 Å². The van der Waals surface area contributed by atoms with Crippen LogP contribution in [0.25, 0.3) is 0 Å². The third-order valence-electron chi connectivity index (χ3n) is 0.920. The van der Waals surface area contributed by atoms with Gasteiger partial charge in [0, 0.05) is 0 Å². The Morgan fingerprint density at radius 1 is 1.62 bits per heavy atom. The van der Waals surface area contributed by atoms with Crippen molar-refractivity contribution in [1.82, 2.24) is 0 Å². The van der Waals surface area contributed by atoms with Crippen LogP contribution in [-0.2, 0) is 10.7 Å². The highest BCUT2D eigenvalue weighted by atomic mass is 32.2. The van der Waals surface area contributed by atoms with Crippen LogP contribution in [0.5, 0.6) is 0 Å².